The number of carbonyl (C=O) groups is 2. The van der Waals surface area contributed by atoms with Gasteiger partial charge in [-0.1, -0.05) is 50.9 Å². The minimum atomic E-state index is -4.43. The third-order valence-electron chi connectivity index (χ3n) is 7.67. The SMILES string of the molecule is CCOP(=O)(CC(CC(C)=CCc1c(OC)c(C)c2c(c1OCC[Si](C)(C)C)C(=O)OC2)NS(=O)(=O)NC(=O)OCC[Si](C)(C)C)OCC. The van der Waals surface area contributed by atoms with Crippen molar-refractivity contribution in [2.24, 2.45) is 0 Å². The number of fused-ring (bicyclic) bond motifs is 1. The minimum absolute atomic E-state index is 0.0909. The van der Waals surface area contributed by atoms with Crippen LogP contribution in [-0.4, -0.2) is 82.4 Å². The molecule has 1 aromatic carbocycles. The van der Waals surface area contributed by atoms with Crippen LogP contribution in [0.15, 0.2) is 11.6 Å². The average Bonchev–Trinajstić information content (AvgIpc) is 3.33. The largest absolute Gasteiger partial charge is 0.496 e. The minimum Gasteiger partial charge on any atom is -0.496 e. The van der Waals surface area contributed by atoms with Crippen molar-refractivity contribution in [2.45, 2.75) is 105 Å². The number of cyclic esters (lactones) is 1. The van der Waals surface area contributed by atoms with Crippen LogP contribution in [-0.2, 0) is 46.3 Å². The van der Waals surface area contributed by atoms with Gasteiger partial charge in [0.25, 0.3) is 0 Å². The molecule has 1 heterocycles. The first-order chi connectivity index (χ1) is 22.6. The molecule has 0 spiro atoms. The molecule has 2 rings (SSSR count). The molecule has 280 valence electrons. The van der Waals surface area contributed by atoms with Gasteiger partial charge in [-0.05, 0) is 58.2 Å². The maximum atomic E-state index is 13.5. The summed E-state index contributed by atoms with van der Waals surface area (Å²) < 4.78 is 77.6. The molecule has 13 nitrogen and oxygen atoms in total. The van der Waals surface area contributed by atoms with E-state index in [0.29, 0.717) is 35.3 Å². The number of rotatable bonds is 21. The van der Waals surface area contributed by atoms with Crippen LogP contribution in [0.2, 0.25) is 51.4 Å². The van der Waals surface area contributed by atoms with Crippen molar-refractivity contribution >= 4 is 46.0 Å². The zero-order chi connectivity index (χ0) is 37.2. The second kappa shape index (κ2) is 18.3. The third-order valence-corrected chi connectivity index (χ3v) is 14.3. The molecule has 1 aliphatic heterocycles. The molecule has 1 atom stereocenters. The van der Waals surface area contributed by atoms with Gasteiger partial charge in [0.05, 0.1) is 39.7 Å². The van der Waals surface area contributed by atoms with E-state index in [2.05, 4.69) is 44.0 Å². The lowest BCUT2D eigenvalue weighted by Crippen LogP contribution is -2.47. The molecule has 49 heavy (non-hydrogen) atoms. The van der Waals surface area contributed by atoms with Crippen molar-refractivity contribution in [2.75, 3.05) is 39.7 Å². The second-order valence-electron chi connectivity index (χ2n) is 14.5. The predicted octanol–water partition coefficient (Wildman–Crippen LogP) is 6.80. The molecule has 0 radical (unpaired) electrons. The maximum Gasteiger partial charge on any atom is 0.421 e. The van der Waals surface area contributed by atoms with E-state index in [1.54, 1.807) is 27.9 Å². The first-order valence-electron chi connectivity index (χ1n) is 16.7. The fourth-order valence-corrected chi connectivity index (χ4v) is 9.49. The van der Waals surface area contributed by atoms with Crippen LogP contribution in [0.5, 0.6) is 11.5 Å². The van der Waals surface area contributed by atoms with Crippen LogP contribution < -0.4 is 18.9 Å². The molecule has 0 aromatic heterocycles. The second-order valence-corrected chi connectivity index (χ2v) is 29.3. The van der Waals surface area contributed by atoms with Crippen LogP contribution in [0.4, 0.5) is 4.79 Å². The highest BCUT2D eigenvalue weighted by Crippen LogP contribution is 2.49. The van der Waals surface area contributed by atoms with E-state index in [0.717, 1.165) is 22.7 Å². The van der Waals surface area contributed by atoms with Crippen molar-refractivity contribution < 1.29 is 50.6 Å². The molecular formula is C32H57N2O11PSSi2. The number of esters is 1. The topological polar surface area (TPSA) is 165 Å². The number of hydrogen-bond acceptors (Lipinski definition) is 11. The van der Waals surface area contributed by atoms with Crippen molar-refractivity contribution in [3.8, 4) is 11.5 Å². The van der Waals surface area contributed by atoms with E-state index >= 15 is 0 Å². The fourth-order valence-electron chi connectivity index (χ4n) is 5.16. The van der Waals surface area contributed by atoms with Gasteiger partial charge in [-0.25, -0.2) is 14.3 Å². The zero-order valence-electron chi connectivity index (χ0n) is 31.1. The summed E-state index contributed by atoms with van der Waals surface area (Å²) in [7, 11) is -9.55. The van der Waals surface area contributed by atoms with Crippen LogP contribution in [0.3, 0.4) is 0 Å². The van der Waals surface area contributed by atoms with Gasteiger partial charge in [-0.2, -0.15) is 13.1 Å². The van der Waals surface area contributed by atoms with Crippen molar-refractivity contribution in [1.82, 2.24) is 9.44 Å². The Kier molecular flexibility index (Phi) is 16.1. The smallest absolute Gasteiger partial charge is 0.421 e. The molecule has 0 bridgehead atoms. The Morgan fingerprint density at radius 1 is 1.02 bits per heavy atom. The highest BCUT2D eigenvalue weighted by Gasteiger charge is 2.34. The number of carbonyl (C=O) groups excluding carboxylic acids is 2. The zero-order valence-corrected chi connectivity index (χ0v) is 34.8. The molecule has 17 heteroatoms. The first-order valence-corrected chi connectivity index (χ1v) is 27.3. The summed E-state index contributed by atoms with van der Waals surface area (Å²) in [6.45, 7) is 20.9. The standard InChI is InChI=1S/C32H57N2O11PSSi2/c1-12-44-46(37,45-13-2)22-25(33-47(38,39)34-32(36)42-17-19-49(9,10)11)20-23(3)14-15-26-29(40-5)24(4)27-21-43-31(35)28(27)30(26)41-16-18-48(6,7)8/h14,25,33H,12-13,15-22H2,1-11H3,(H,34,36). The van der Waals surface area contributed by atoms with Crippen LogP contribution >= 0.6 is 7.60 Å². The summed E-state index contributed by atoms with van der Waals surface area (Å²) in [5.74, 6) is 0.554. The number of amides is 1. The van der Waals surface area contributed by atoms with Gasteiger partial charge in [0.1, 0.15) is 23.7 Å². The predicted molar refractivity (Wildman–Crippen MR) is 197 cm³/mol. The van der Waals surface area contributed by atoms with Gasteiger partial charge < -0.3 is 28.0 Å². The van der Waals surface area contributed by atoms with Gasteiger partial charge in [-0.15, -0.1) is 0 Å². The summed E-state index contributed by atoms with van der Waals surface area (Å²) >= 11 is 0. The van der Waals surface area contributed by atoms with Crippen molar-refractivity contribution in [1.29, 1.82) is 0 Å². The van der Waals surface area contributed by atoms with E-state index in [9.17, 15) is 22.6 Å². The Bertz CT molecular complexity index is 1500. The maximum absolute atomic E-state index is 13.5. The van der Waals surface area contributed by atoms with E-state index in [1.807, 2.05) is 17.7 Å². The highest BCUT2D eigenvalue weighted by molar-refractivity contribution is 7.88. The Morgan fingerprint density at radius 3 is 2.16 bits per heavy atom. The quantitative estimate of drug-likeness (QED) is 0.0585. The lowest BCUT2D eigenvalue weighted by molar-refractivity contribution is 0.0532. The van der Waals surface area contributed by atoms with Gasteiger partial charge in [0.15, 0.2) is 0 Å². The molecular weight excluding hydrogens is 708 g/mol. The summed E-state index contributed by atoms with van der Waals surface area (Å²) in [6.07, 6.45) is 0.864. The van der Waals surface area contributed by atoms with Crippen LogP contribution in [0.25, 0.3) is 0 Å². The summed E-state index contributed by atoms with van der Waals surface area (Å²) in [5, 5.41) is 0. The van der Waals surface area contributed by atoms with Gasteiger partial charge in [0.2, 0.25) is 0 Å². The molecule has 1 unspecified atom stereocenters. The van der Waals surface area contributed by atoms with E-state index in [4.69, 9.17) is 28.0 Å². The number of nitrogens with one attached hydrogen (secondary N) is 2. The van der Waals surface area contributed by atoms with E-state index in [1.165, 1.54) is 0 Å². The van der Waals surface area contributed by atoms with Crippen LogP contribution in [0, 0.1) is 6.92 Å². The number of allylic oxidation sites excluding steroid dienone is 1. The molecule has 0 saturated heterocycles. The van der Waals surface area contributed by atoms with E-state index < -0.39 is 52.1 Å². The Morgan fingerprint density at radius 2 is 1.61 bits per heavy atom. The summed E-state index contributed by atoms with van der Waals surface area (Å²) in [6, 6.07) is 0.564. The molecule has 2 N–H and O–H groups in total. The Balaban J connectivity index is 2.42. The summed E-state index contributed by atoms with van der Waals surface area (Å²) in [5.41, 5.74) is 3.31. The number of ether oxygens (including phenoxy) is 4. The normalized spacial score (nSPS) is 14.7. The Labute approximate surface area is 294 Å². The van der Waals surface area contributed by atoms with Gasteiger partial charge in [-0.3, -0.25) is 4.57 Å². The third kappa shape index (κ3) is 14.1. The lowest BCUT2D eigenvalue weighted by Gasteiger charge is -2.24. The van der Waals surface area contributed by atoms with Gasteiger partial charge >= 0.3 is 29.9 Å². The van der Waals surface area contributed by atoms with Gasteiger partial charge in [0, 0.05) is 33.3 Å². The average molecular weight is 765 g/mol. The number of hydrogen-bond donors (Lipinski definition) is 2. The van der Waals surface area contributed by atoms with Crippen molar-refractivity contribution in [3.05, 3.63) is 33.9 Å². The number of methoxy groups -OCH3 is 1. The number of benzene rings is 1. The summed E-state index contributed by atoms with van der Waals surface area (Å²) in [4.78, 5) is 25.2. The fraction of sp³-hybridized carbons (Fsp3) is 0.688. The molecule has 1 aromatic rings. The first kappa shape index (κ1) is 43.0. The van der Waals surface area contributed by atoms with Crippen LogP contribution in [0.1, 0.15) is 54.2 Å². The molecule has 0 fully saturated rings. The highest BCUT2D eigenvalue weighted by atomic mass is 32.2. The molecule has 0 saturated carbocycles. The molecule has 1 amide bonds. The molecule has 1 aliphatic rings. The monoisotopic (exact) mass is 764 g/mol. The van der Waals surface area contributed by atoms with E-state index in [-0.39, 0.29) is 45.4 Å². The lowest BCUT2D eigenvalue weighted by atomic mass is 9.94. The van der Waals surface area contributed by atoms with Crippen molar-refractivity contribution in [3.63, 3.8) is 0 Å². The molecule has 0 aliphatic carbocycles. The Hall–Kier alpha value is -2.21.